The highest BCUT2D eigenvalue weighted by Crippen LogP contribution is 2.38. The molecule has 6 heteroatoms. The molecule has 1 saturated carbocycles. The van der Waals surface area contributed by atoms with E-state index in [9.17, 15) is 10.1 Å². The Hall–Kier alpha value is -1.16. The fraction of sp³-hybridized carbons (Fsp3) is 0.889. The van der Waals surface area contributed by atoms with Gasteiger partial charge in [0.1, 0.15) is 6.04 Å². The van der Waals surface area contributed by atoms with Gasteiger partial charge in [-0.1, -0.05) is 13.8 Å². The Balaban J connectivity index is 1.46. The average molecular weight is 334 g/mol. The second kappa shape index (κ2) is 7.38. The van der Waals surface area contributed by atoms with Crippen LogP contribution in [0.15, 0.2) is 0 Å². The van der Waals surface area contributed by atoms with Gasteiger partial charge >= 0.3 is 0 Å². The molecule has 2 heterocycles. The first-order chi connectivity index (χ1) is 11.5. The van der Waals surface area contributed by atoms with Crippen molar-refractivity contribution in [3.8, 4) is 6.07 Å². The molecule has 2 aliphatic heterocycles. The first kappa shape index (κ1) is 17.7. The second-order valence-electron chi connectivity index (χ2n) is 7.83. The number of hydrogen-bond donors (Lipinski definition) is 0. The molecule has 3 rings (SSSR count). The van der Waals surface area contributed by atoms with Crippen LogP contribution in [0.4, 0.5) is 0 Å². The van der Waals surface area contributed by atoms with E-state index in [-0.39, 0.29) is 17.6 Å². The highest BCUT2D eigenvalue weighted by molar-refractivity contribution is 5.78. The maximum absolute atomic E-state index is 12.6. The molecular formula is C18H30N4O2. The number of carbonyl (C=O) groups excluding carboxylic acids is 1. The van der Waals surface area contributed by atoms with Gasteiger partial charge in [0, 0.05) is 39.3 Å². The van der Waals surface area contributed by atoms with Gasteiger partial charge < -0.3 is 9.64 Å². The van der Waals surface area contributed by atoms with E-state index in [2.05, 4.69) is 29.7 Å². The number of carbonyl (C=O) groups is 1. The van der Waals surface area contributed by atoms with E-state index >= 15 is 0 Å². The lowest BCUT2D eigenvalue weighted by atomic mass is 9.79. The third kappa shape index (κ3) is 3.74. The van der Waals surface area contributed by atoms with Crippen molar-refractivity contribution in [3.63, 3.8) is 0 Å². The third-order valence-corrected chi connectivity index (χ3v) is 5.78. The summed E-state index contributed by atoms with van der Waals surface area (Å²) in [4.78, 5) is 19.1. The molecule has 134 valence electrons. The number of ether oxygens (including phenoxy) is 1. The fourth-order valence-electron chi connectivity index (χ4n) is 4.13. The largest absolute Gasteiger partial charge is 0.372 e. The lowest BCUT2D eigenvalue weighted by Crippen LogP contribution is -2.58. The van der Waals surface area contributed by atoms with E-state index in [0.29, 0.717) is 12.5 Å². The van der Waals surface area contributed by atoms with Gasteiger partial charge in [0.15, 0.2) is 0 Å². The molecule has 1 atom stereocenters. The standard InChI is InChI=1S/C18H30N4O2/c1-15(2)16(12-19)21-6-8-22(9-7-21)17(23)13-20-10-11-24-18(14-20)4-3-5-18/h15-16H,3-11,13-14H2,1-2H3/t16-/m1/s1. The summed E-state index contributed by atoms with van der Waals surface area (Å²) >= 11 is 0. The molecule has 1 aliphatic carbocycles. The number of morpholine rings is 1. The van der Waals surface area contributed by atoms with Gasteiger partial charge in [0.25, 0.3) is 0 Å². The first-order valence-corrected chi connectivity index (χ1v) is 9.31. The normalized spacial score (nSPS) is 26.2. The van der Waals surface area contributed by atoms with Gasteiger partial charge in [0.05, 0.1) is 24.8 Å². The van der Waals surface area contributed by atoms with Crippen molar-refractivity contribution in [1.29, 1.82) is 5.26 Å². The van der Waals surface area contributed by atoms with E-state index < -0.39 is 0 Å². The summed E-state index contributed by atoms with van der Waals surface area (Å²) in [5.74, 6) is 0.549. The Labute approximate surface area is 145 Å². The molecular weight excluding hydrogens is 304 g/mol. The topological polar surface area (TPSA) is 59.8 Å². The summed E-state index contributed by atoms with van der Waals surface area (Å²) in [6.07, 6.45) is 3.53. The van der Waals surface area contributed by atoms with Crippen LogP contribution in [0, 0.1) is 17.2 Å². The summed E-state index contributed by atoms with van der Waals surface area (Å²) in [7, 11) is 0. The van der Waals surface area contributed by atoms with Crippen molar-refractivity contribution in [3.05, 3.63) is 0 Å². The summed E-state index contributed by atoms with van der Waals surface area (Å²) in [5, 5.41) is 9.33. The highest BCUT2D eigenvalue weighted by Gasteiger charge is 2.42. The van der Waals surface area contributed by atoms with E-state index in [1.54, 1.807) is 0 Å². The maximum Gasteiger partial charge on any atom is 0.236 e. The number of rotatable bonds is 4. The Morgan fingerprint density at radius 1 is 1.21 bits per heavy atom. The first-order valence-electron chi connectivity index (χ1n) is 9.31. The molecule has 0 unspecified atom stereocenters. The van der Waals surface area contributed by atoms with Crippen LogP contribution in [-0.2, 0) is 9.53 Å². The van der Waals surface area contributed by atoms with Crippen molar-refractivity contribution in [1.82, 2.24) is 14.7 Å². The van der Waals surface area contributed by atoms with E-state index in [0.717, 1.165) is 58.7 Å². The predicted molar refractivity (Wildman–Crippen MR) is 91.4 cm³/mol. The van der Waals surface area contributed by atoms with Crippen molar-refractivity contribution < 1.29 is 9.53 Å². The van der Waals surface area contributed by atoms with E-state index in [1.165, 1.54) is 6.42 Å². The molecule has 3 aliphatic rings. The molecule has 0 aromatic rings. The SMILES string of the molecule is CC(C)[C@@H](C#N)N1CCN(C(=O)CN2CCOC3(CCC3)C2)CC1. The Morgan fingerprint density at radius 2 is 1.92 bits per heavy atom. The van der Waals surface area contributed by atoms with Crippen LogP contribution in [0.2, 0.25) is 0 Å². The van der Waals surface area contributed by atoms with Gasteiger partial charge in [-0.2, -0.15) is 5.26 Å². The van der Waals surface area contributed by atoms with E-state index in [1.807, 2.05) is 4.90 Å². The Bertz CT molecular complexity index is 490. The van der Waals surface area contributed by atoms with Gasteiger partial charge in [-0.25, -0.2) is 0 Å². The van der Waals surface area contributed by atoms with Crippen LogP contribution in [-0.4, -0.2) is 84.7 Å². The van der Waals surface area contributed by atoms with Gasteiger partial charge in [-0.05, 0) is 25.2 Å². The van der Waals surface area contributed by atoms with Crippen LogP contribution in [0.1, 0.15) is 33.1 Å². The number of nitrogens with zero attached hydrogens (tertiary/aromatic N) is 4. The molecule has 0 aromatic heterocycles. The monoisotopic (exact) mass is 334 g/mol. The molecule has 2 saturated heterocycles. The molecule has 6 nitrogen and oxygen atoms in total. The molecule has 1 spiro atoms. The summed E-state index contributed by atoms with van der Waals surface area (Å²) < 4.78 is 5.93. The van der Waals surface area contributed by atoms with Gasteiger partial charge in [-0.3, -0.25) is 14.6 Å². The lowest BCUT2D eigenvalue weighted by molar-refractivity contribution is -0.158. The number of piperazine rings is 1. The summed E-state index contributed by atoms with van der Waals surface area (Å²) in [6.45, 7) is 10.3. The molecule has 0 N–H and O–H groups in total. The van der Waals surface area contributed by atoms with Crippen LogP contribution in [0.3, 0.4) is 0 Å². The maximum atomic E-state index is 12.6. The second-order valence-corrected chi connectivity index (χ2v) is 7.83. The zero-order valence-corrected chi connectivity index (χ0v) is 15.0. The zero-order valence-electron chi connectivity index (χ0n) is 15.0. The van der Waals surface area contributed by atoms with Crippen LogP contribution >= 0.6 is 0 Å². The van der Waals surface area contributed by atoms with Gasteiger partial charge in [0.2, 0.25) is 5.91 Å². The Morgan fingerprint density at radius 3 is 2.46 bits per heavy atom. The third-order valence-electron chi connectivity index (χ3n) is 5.78. The van der Waals surface area contributed by atoms with Crippen LogP contribution in [0.25, 0.3) is 0 Å². The van der Waals surface area contributed by atoms with Crippen molar-refractivity contribution in [2.75, 3.05) is 52.4 Å². The van der Waals surface area contributed by atoms with Gasteiger partial charge in [-0.15, -0.1) is 0 Å². The summed E-state index contributed by atoms with van der Waals surface area (Å²) in [6, 6.07) is 2.36. The molecule has 0 bridgehead atoms. The minimum Gasteiger partial charge on any atom is -0.372 e. The zero-order chi connectivity index (χ0) is 17.2. The van der Waals surface area contributed by atoms with Crippen molar-refractivity contribution in [2.24, 2.45) is 5.92 Å². The Kier molecular flexibility index (Phi) is 5.43. The number of amides is 1. The molecule has 0 aromatic carbocycles. The molecule has 3 fully saturated rings. The number of hydrogen-bond acceptors (Lipinski definition) is 5. The van der Waals surface area contributed by atoms with Crippen molar-refractivity contribution in [2.45, 2.75) is 44.8 Å². The highest BCUT2D eigenvalue weighted by atomic mass is 16.5. The van der Waals surface area contributed by atoms with Crippen LogP contribution < -0.4 is 0 Å². The average Bonchev–Trinajstić information content (AvgIpc) is 2.54. The number of nitriles is 1. The molecule has 1 amide bonds. The van der Waals surface area contributed by atoms with Crippen LogP contribution in [0.5, 0.6) is 0 Å². The molecule has 24 heavy (non-hydrogen) atoms. The molecule has 0 radical (unpaired) electrons. The minimum absolute atomic E-state index is 0.0417. The minimum atomic E-state index is -0.0417. The van der Waals surface area contributed by atoms with Crippen molar-refractivity contribution >= 4 is 5.91 Å². The fourth-order valence-corrected chi connectivity index (χ4v) is 4.13. The van der Waals surface area contributed by atoms with E-state index in [4.69, 9.17) is 4.74 Å². The quantitative estimate of drug-likeness (QED) is 0.766. The summed E-state index contributed by atoms with van der Waals surface area (Å²) in [5.41, 5.74) is 0.0501. The lowest BCUT2D eigenvalue weighted by Gasteiger charge is -2.48. The smallest absolute Gasteiger partial charge is 0.236 e. The predicted octanol–water partition coefficient (Wildman–Crippen LogP) is 0.934.